The van der Waals surface area contributed by atoms with E-state index >= 15 is 0 Å². The Morgan fingerprint density at radius 3 is 2.49 bits per heavy atom. The van der Waals surface area contributed by atoms with Crippen LogP contribution >= 0.6 is 43.6 Å². The van der Waals surface area contributed by atoms with Crippen LogP contribution in [0, 0.1) is 0 Å². The second-order valence-corrected chi connectivity index (χ2v) is 11.2. The zero-order valence-corrected chi connectivity index (χ0v) is 24.6. The fourth-order valence-corrected chi connectivity index (χ4v) is 5.96. The molecule has 1 aliphatic rings. The Balaban J connectivity index is 1.42. The molecule has 4 aromatic rings. The lowest BCUT2D eigenvalue weighted by Crippen LogP contribution is -2.27. The number of hydrogen-bond acceptors (Lipinski definition) is 6. The summed E-state index contributed by atoms with van der Waals surface area (Å²) in [7, 11) is 0. The molecule has 0 spiro atoms. The van der Waals surface area contributed by atoms with Gasteiger partial charge in [-0.05, 0) is 86.9 Å². The lowest BCUT2D eigenvalue weighted by Gasteiger charge is -2.15. The highest BCUT2D eigenvalue weighted by Crippen LogP contribution is 2.40. The summed E-state index contributed by atoms with van der Waals surface area (Å²) >= 11 is 7.85. The molecular formula is C30H21Br2NO5S. The van der Waals surface area contributed by atoms with Gasteiger partial charge >= 0.3 is 5.97 Å². The van der Waals surface area contributed by atoms with Gasteiger partial charge < -0.3 is 9.47 Å². The number of nitrogens with zero attached hydrogens (tertiary/aromatic N) is 1. The van der Waals surface area contributed by atoms with Gasteiger partial charge in [0.25, 0.3) is 11.1 Å². The lowest BCUT2D eigenvalue weighted by atomic mass is 10.0. The van der Waals surface area contributed by atoms with E-state index in [1.165, 1.54) is 4.90 Å². The van der Waals surface area contributed by atoms with Crippen molar-refractivity contribution >= 4 is 77.6 Å². The Morgan fingerprint density at radius 2 is 1.69 bits per heavy atom. The average Bonchev–Trinajstić information content (AvgIpc) is 3.18. The number of ether oxygens (including phenoxy) is 2. The summed E-state index contributed by atoms with van der Waals surface area (Å²) in [6.07, 6.45) is 1.63. The number of amides is 2. The Labute approximate surface area is 246 Å². The minimum Gasteiger partial charge on any atom is -0.490 e. The number of halogens is 2. The molecule has 1 saturated heterocycles. The van der Waals surface area contributed by atoms with Crippen LogP contribution in [0.1, 0.15) is 28.4 Å². The topological polar surface area (TPSA) is 72.9 Å². The number of thioether (sulfide) groups is 1. The SMILES string of the molecule is CCOc1cc(/C=C2\SC(=O)N(Cc3ccccc3Br)C2=O)cc(Br)c1OC(=O)c1cccc2ccccc12. The van der Waals surface area contributed by atoms with E-state index in [4.69, 9.17) is 9.47 Å². The van der Waals surface area contributed by atoms with Crippen LogP contribution in [0.3, 0.4) is 0 Å². The van der Waals surface area contributed by atoms with E-state index in [0.29, 0.717) is 32.9 Å². The van der Waals surface area contributed by atoms with Gasteiger partial charge in [-0.15, -0.1) is 0 Å². The van der Waals surface area contributed by atoms with Gasteiger partial charge in [0.15, 0.2) is 11.5 Å². The van der Waals surface area contributed by atoms with Crippen LogP contribution in [-0.4, -0.2) is 28.6 Å². The molecule has 0 saturated carbocycles. The highest BCUT2D eigenvalue weighted by Gasteiger charge is 2.35. The first kappa shape index (κ1) is 27.2. The van der Waals surface area contributed by atoms with Crippen molar-refractivity contribution in [2.45, 2.75) is 13.5 Å². The lowest BCUT2D eigenvalue weighted by molar-refractivity contribution is -0.123. The number of benzene rings is 4. The second kappa shape index (κ2) is 11.8. The number of fused-ring (bicyclic) bond motifs is 1. The van der Waals surface area contributed by atoms with Crippen molar-refractivity contribution in [1.82, 2.24) is 4.90 Å². The first-order valence-electron chi connectivity index (χ1n) is 12.0. The molecule has 0 bridgehead atoms. The van der Waals surface area contributed by atoms with Crippen LogP contribution in [0.2, 0.25) is 0 Å². The van der Waals surface area contributed by atoms with Crippen molar-refractivity contribution in [3.63, 3.8) is 0 Å². The smallest absolute Gasteiger partial charge is 0.344 e. The van der Waals surface area contributed by atoms with Gasteiger partial charge in [-0.1, -0.05) is 70.5 Å². The highest BCUT2D eigenvalue weighted by molar-refractivity contribution is 9.10. The molecule has 9 heteroatoms. The molecule has 0 aliphatic carbocycles. The maximum Gasteiger partial charge on any atom is 0.344 e. The Kier molecular flexibility index (Phi) is 8.20. The molecule has 1 fully saturated rings. The molecule has 0 radical (unpaired) electrons. The third-order valence-electron chi connectivity index (χ3n) is 5.99. The van der Waals surface area contributed by atoms with E-state index < -0.39 is 5.97 Å². The predicted molar refractivity (Wildman–Crippen MR) is 160 cm³/mol. The van der Waals surface area contributed by atoms with Crippen molar-refractivity contribution in [2.24, 2.45) is 0 Å². The number of esters is 1. The first-order valence-corrected chi connectivity index (χ1v) is 14.4. The second-order valence-electron chi connectivity index (χ2n) is 8.54. The summed E-state index contributed by atoms with van der Waals surface area (Å²) in [5.74, 6) is -0.330. The van der Waals surface area contributed by atoms with Crippen molar-refractivity contribution < 1.29 is 23.9 Å². The van der Waals surface area contributed by atoms with Crippen LogP contribution < -0.4 is 9.47 Å². The molecule has 1 heterocycles. The Bertz CT molecular complexity index is 1650. The van der Waals surface area contributed by atoms with E-state index in [1.807, 2.05) is 67.6 Å². The molecule has 2 amide bonds. The highest BCUT2D eigenvalue weighted by atomic mass is 79.9. The maximum atomic E-state index is 13.2. The quantitative estimate of drug-likeness (QED) is 0.112. The largest absolute Gasteiger partial charge is 0.490 e. The summed E-state index contributed by atoms with van der Waals surface area (Å²) in [6.45, 7) is 2.32. The van der Waals surface area contributed by atoms with Crippen LogP contribution in [0.5, 0.6) is 11.5 Å². The number of rotatable bonds is 7. The fourth-order valence-electron chi connectivity index (χ4n) is 4.17. The van der Waals surface area contributed by atoms with E-state index in [9.17, 15) is 14.4 Å². The summed E-state index contributed by atoms with van der Waals surface area (Å²) in [5.41, 5.74) is 1.88. The van der Waals surface area contributed by atoms with Crippen molar-refractivity contribution in [3.8, 4) is 11.5 Å². The standard InChI is InChI=1S/C30H21Br2NO5S/c1-2-37-25-15-18(16-26-28(34)33(30(36)39-26)17-20-9-4-6-13-23(20)31)14-24(32)27(25)38-29(35)22-12-7-10-19-8-3-5-11-21(19)22/h3-16H,2,17H2,1H3/b26-16-. The number of carbonyl (C=O) groups excluding carboxylic acids is 3. The molecule has 0 aromatic heterocycles. The fraction of sp³-hybridized carbons (Fsp3) is 0.100. The van der Waals surface area contributed by atoms with Gasteiger partial charge in [0, 0.05) is 4.47 Å². The summed E-state index contributed by atoms with van der Waals surface area (Å²) in [5, 5.41) is 1.38. The van der Waals surface area contributed by atoms with Gasteiger partial charge in [-0.25, -0.2) is 4.79 Å². The van der Waals surface area contributed by atoms with Crippen molar-refractivity contribution in [3.05, 3.63) is 109 Å². The van der Waals surface area contributed by atoms with Gasteiger partial charge in [0.05, 0.1) is 28.1 Å². The first-order chi connectivity index (χ1) is 18.9. The van der Waals surface area contributed by atoms with E-state index in [2.05, 4.69) is 31.9 Å². The molecule has 39 heavy (non-hydrogen) atoms. The number of carbonyl (C=O) groups is 3. The zero-order valence-electron chi connectivity index (χ0n) is 20.6. The molecule has 0 unspecified atom stereocenters. The molecule has 1 aliphatic heterocycles. The molecule has 4 aromatic carbocycles. The molecule has 6 nitrogen and oxygen atoms in total. The van der Waals surface area contributed by atoms with E-state index in [-0.39, 0.29) is 23.4 Å². The minimum absolute atomic E-state index is 0.167. The van der Waals surface area contributed by atoms with Gasteiger partial charge in [0.2, 0.25) is 0 Å². The molecule has 0 atom stereocenters. The molecule has 0 N–H and O–H groups in total. The van der Waals surface area contributed by atoms with Crippen LogP contribution in [-0.2, 0) is 11.3 Å². The normalized spacial score (nSPS) is 14.3. The van der Waals surface area contributed by atoms with Crippen molar-refractivity contribution in [2.75, 3.05) is 6.61 Å². The third-order valence-corrected chi connectivity index (χ3v) is 8.26. The number of hydrogen-bond donors (Lipinski definition) is 0. The van der Waals surface area contributed by atoms with Gasteiger partial charge in [-0.2, -0.15) is 0 Å². The number of imide groups is 1. The monoisotopic (exact) mass is 665 g/mol. The van der Waals surface area contributed by atoms with E-state index in [1.54, 1.807) is 24.3 Å². The van der Waals surface area contributed by atoms with E-state index in [0.717, 1.165) is 32.6 Å². The molecule has 5 rings (SSSR count). The third kappa shape index (κ3) is 5.80. The molecule has 196 valence electrons. The summed E-state index contributed by atoms with van der Waals surface area (Å²) in [6, 6.07) is 23.9. The summed E-state index contributed by atoms with van der Waals surface area (Å²) in [4.78, 5) is 40.5. The van der Waals surface area contributed by atoms with Gasteiger partial charge in [0.1, 0.15) is 0 Å². The maximum absolute atomic E-state index is 13.2. The zero-order chi connectivity index (χ0) is 27.5. The van der Waals surface area contributed by atoms with Gasteiger partial charge in [-0.3, -0.25) is 14.5 Å². The van der Waals surface area contributed by atoms with Crippen LogP contribution in [0.4, 0.5) is 4.79 Å². The average molecular weight is 667 g/mol. The summed E-state index contributed by atoms with van der Waals surface area (Å²) < 4.78 is 12.9. The van der Waals surface area contributed by atoms with Crippen LogP contribution in [0.15, 0.2) is 92.7 Å². The predicted octanol–water partition coefficient (Wildman–Crippen LogP) is 8.22. The Morgan fingerprint density at radius 1 is 0.949 bits per heavy atom. The Hall–Kier alpha value is -3.40. The minimum atomic E-state index is -0.519. The molecular weight excluding hydrogens is 646 g/mol. The van der Waals surface area contributed by atoms with Crippen molar-refractivity contribution in [1.29, 1.82) is 0 Å². The van der Waals surface area contributed by atoms with Crippen LogP contribution in [0.25, 0.3) is 16.8 Å².